The molecule has 0 radical (unpaired) electrons. The van der Waals surface area contributed by atoms with Gasteiger partial charge in [-0.2, -0.15) is 0 Å². The van der Waals surface area contributed by atoms with Gasteiger partial charge in [-0.1, -0.05) is 68.1 Å². The summed E-state index contributed by atoms with van der Waals surface area (Å²) in [6.45, 7) is 16.8. The predicted octanol–water partition coefficient (Wildman–Crippen LogP) is 7.85. The Labute approximate surface area is 202 Å². The van der Waals surface area contributed by atoms with E-state index in [1.54, 1.807) is 0 Å². The number of hydrogen-bond donors (Lipinski definition) is 0. The molecule has 34 heavy (non-hydrogen) atoms. The third kappa shape index (κ3) is 5.82. The third-order valence-corrected chi connectivity index (χ3v) is 5.48. The normalized spacial score (nSPS) is 11.4. The second-order valence-corrected chi connectivity index (χ2v) is 7.62. The van der Waals surface area contributed by atoms with Gasteiger partial charge in [0.2, 0.25) is 0 Å². The summed E-state index contributed by atoms with van der Waals surface area (Å²) >= 11 is 0. The largest absolute Gasteiger partial charge is 0.349 e. The van der Waals surface area contributed by atoms with Crippen LogP contribution in [0.2, 0.25) is 0 Å². The quantitative estimate of drug-likeness (QED) is 0.246. The Morgan fingerprint density at radius 1 is 0.618 bits per heavy atom. The van der Waals surface area contributed by atoms with Gasteiger partial charge < -0.3 is 9.13 Å². The molecule has 0 aliphatic rings. The van der Waals surface area contributed by atoms with E-state index in [-0.39, 0.29) is 7.43 Å². The summed E-state index contributed by atoms with van der Waals surface area (Å²) in [4.78, 5) is 7.46. The smallest absolute Gasteiger partial charge is 0.196 e. The fourth-order valence-corrected chi connectivity index (χ4v) is 3.79. The molecule has 0 spiro atoms. The van der Waals surface area contributed by atoms with Crippen LogP contribution in [0.25, 0.3) is 33.2 Å². The summed E-state index contributed by atoms with van der Waals surface area (Å²) in [7, 11) is 0. The van der Waals surface area contributed by atoms with Crippen molar-refractivity contribution in [1.29, 1.82) is 0 Å². The molecule has 4 heteroatoms. The number of hydrogen-bond acceptors (Lipinski definition) is 0. The number of aryl methyl sites for hydroxylation is 2. The minimum Gasteiger partial charge on any atom is -0.349 e. The first kappa shape index (κ1) is 24.1. The maximum absolute atomic E-state index is 7.58. The topological polar surface area (TPSA) is 18.6 Å². The first-order valence-electron chi connectivity index (χ1n) is 10.9. The summed E-state index contributed by atoms with van der Waals surface area (Å²) < 4.78 is 4.36. The maximum atomic E-state index is 7.58. The number of nitrogens with zero attached hydrogens (tertiary/aromatic N) is 4. The van der Waals surface area contributed by atoms with Crippen LogP contribution in [-0.4, -0.2) is 9.13 Å². The molecule has 4 rings (SSSR count). The average Bonchev–Trinajstić information content (AvgIpc) is 3.51. The van der Waals surface area contributed by atoms with Gasteiger partial charge in [0.05, 0.1) is 13.1 Å². The highest BCUT2D eigenvalue weighted by Crippen LogP contribution is 2.21. The van der Waals surface area contributed by atoms with Crippen molar-refractivity contribution >= 4 is 23.5 Å². The van der Waals surface area contributed by atoms with Crippen LogP contribution in [-0.2, 0) is 13.1 Å². The standard InChI is InChI=1S/C29H24N4.CH4/c1-30-28(24-12-5-3-6-13-24)22-26-16-9-18-32(26)20-11-21-33-19-10-17-27(33)23-29(31-2)25-14-7-4-8-15-25;/h3-10,12-19,22-23H,11,20-21H2;1H4/b28-22-,29-23-;. The van der Waals surface area contributed by atoms with Gasteiger partial charge >= 0.3 is 0 Å². The molecule has 4 nitrogen and oxygen atoms in total. The Hall–Kier alpha value is -4.54. The first-order chi connectivity index (χ1) is 16.3. The van der Waals surface area contributed by atoms with Crippen LogP contribution in [0.15, 0.2) is 97.3 Å². The van der Waals surface area contributed by atoms with Crippen LogP contribution >= 0.6 is 0 Å². The van der Waals surface area contributed by atoms with E-state index in [0.29, 0.717) is 11.4 Å². The Morgan fingerprint density at radius 2 is 1.03 bits per heavy atom. The van der Waals surface area contributed by atoms with E-state index in [4.69, 9.17) is 13.1 Å². The van der Waals surface area contributed by atoms with E-state index in [2.05, 4.69) is 31.2 Å². The zero-order valence-corrected chi connectivity index (χ0v) is 18.3. The molecular formula is C30H28N4. The SMILES string of the molecule is C.[C-]#[N+]/C(=C\c1cccn1CCCn1cccc1/C=C(\[N+]#[C-])c1ccccc1)c1ccccc1. The molecule has 2 heterocycles. The van der Waals surface area contributed by atoms with Crippen molar-refractivity contribution in [3.63, 3.8) is 0 Å². The van der Waals surface area contributed by atoms with Crippen molar-refractivity contribution in [2.45, 2.75) is 26.9 Å². The summed E-state index contributed by atoms with van der Waals surface area (Å²) in [5.74, 6) is 0. The highest BCUT2D eigenvalue weighted by Gasteiger charge is 2.06. The molecule has 0 unspecified atom stereocenters. The highest BCUT2D eigenvalue weighted by molar-refractivity contribution is 5.85. The van der Waals surface area contributed by atoms with Gasteiger partial charge in [-0.15, -0.1) is 0 Å². The molecule has 0 bridgehead atoms. The van der Waals surface area contributed by atoms with E-state index in [0.717, 1.165) is 42.0 Å². The van der Waals surface area contributed by atoms with E-state index in [9.17, 15) is 0 Å². The molecular weight excluding hydrogens is 416 g/mol. The van der Waals surface area contributed by atoms with E-state index in [1.807, 2.05) is 97.1 Å². The molecule has 0 N–H and O–H groups in total. The summed E-state index contributed by atoms with van der Waals surface area (Å²) in [6, 6.07) is 27.7. The summed E-state index contributed by atoms with van der Waals surface area (Å²) in [5.41, 5.74) is 5.19. The van der Waals surface area contributed by atoms with E-state index >= 15 is 0 Å². The first-order valence-corrected chi connectivity index (χ1v) is 10.9. The molecule has 0 atom stereocenters. The van der Waals surface area contributed by atoms with Crippen molar-refractivity contribution in [3.8, 4) is 0 Å². The fraction of sp³-hybridized carbons (Fsp3) is 0.133. The number of benzene rings is 2. The molecule has 0 saturated heterocycles. The lowest BCUT2D eigenvalue weighted by Gasteiger charge is -2.10. The van der Waals surface area contributed by atoms with Gasteiger partial charge in [-0.25, -0.2) is 9.69 Å². The molecule has 0 aliphatic heterocycles. The van der Waals surface area contributed by atoms with Crippen molar-refractivity contribution in [3.05, 3.63) is 143 Å². The minimum absolute atomic E-state index is 0. The third-order valence-electron chi connectivity index (χ3n) is 5.48. The molecule has 0 aliphatic carbocycles. The lowest BCUT2D eigenvalue weighted by atomic mass is 10.1. The Bertz CT molecular complexity index is 1230. The number of rotatable bonds is 8. The fourth-order valence-electron chi connectivity index (χ4n) is 3.79. The van der Waals surface area contributed by atoms with Crippen LogP contribution in [0.3, 0.4) is 0 Å². The van der Waals surface area contributed by atoms with Gasteiger partial charge in [0.1, 0.15) is 0 Å². The summed E-state index contributed by atoms with van der Waals surface area (Å²) in [6.07, 6.45) is 8.95. The van der Waals surface area contributed by atoms with Crippen molar-refractivity contribution < 1.29 is 0 Å². The van der Waals surface area contributed by atoms with Gasteiger partial charge in [0.25, 0.3) is 0 Å². The molecule has 0 amide bonds. The molecule has 4 aromatic rings. The second kappa shape index (κ2) is 11.9. The predicted molar refractivity (Wildman–Crippen MR) is 142 cm³/mol. The zero-order chi connectivity index (χ0) is 22.9. The van der Waals surface area contributed by atoms with Crippen LogP contribution < -0.4 is 0 Å². The van der Waals surface area contributed by atoms with Crippen molar-refractivity contribution in [2.24, 2.45) is 0 Å². The van der Waals surface area contributed by atoms with Crippen molar-refractivity contribution in [1.82, 2.24) is 9.13 Å². The molecule has 168 valence electrons. The average molecular weight is 445 g/mol. The van der Waals surface area contributed by atoms with Gasteiger partial charge in [-0.3, -0.25) is 0 Å². The Balaban J connectivity index is 0.00000324. The van der Waals surface area contributed by atoms with E-state index in [1.165, 1.54) is 0 Å². The molecule has 0 fully saturated rings. The zero-order valence-electron chi connectivity index (χ0n) is 18.3. The monoisotopic (exact) mass is 444 g/mol. The lowest BCUT2D eigenvalue weighted by Crippen LogP contribution is -2.05. The van der Waals surface area contributed by atoms with Gasteiger partial charge in [0, 0.05) is 36.9 Å². The van der Waals surface area contributed by atoms with Crippen molar-refractivity contribution in [2.75, 3.05) is 0 Å². The molecule has 2 aromatic heterocycles. The van der Waals surface area contributed by atoms with E-state index < -0.39 is 0 Å². The number of aromatic nitrogens is 2. The van der Waals surface area contributed by atoms with Crippen LogP contribution in [0.4, 0.5) is 0 Å². The maximum Gasteiger partial charge on any atom is 0.196 e. The van der Waals surface area contributed by atoms with Crippen LogP contribution in [0.5, 0.6) is 0 Å². The lowest BCUT2D eigenvalue weighted by molar-refractivity contribution is 0.563. The van der Waals surface area contributed by atoms with Crippen LogP contribution in [0, 0.1) is 13.1 Å². The molecule has 0 saturated carbocycles. The highest BCUT2D eigenvalue weighted by atomic mass is 15.0. The molecule has 2 aromatic carbocycles. The Morgan fingerprint density at radius 3 is 1.41 bits per heavy atom. The second-order valence-electron chi connectivity index (χ2n) is 7.62. The van der Waals surface area contributed by atoms with Crippen LogP contribution in [0.1, 0.15) is 36.4 Å². The summed E-state index contributed by atoms with van der Waals surface area (Å²) in [5, 5.41) is 0. The van der Waals surface area contributed by atoms with Gasteiger partial charge in [0.15, 0.2) is 11.4 Å². The van der Waals surface area contributed by atoms with Gasteiger partial charge in [-0.05, 0) is 54.0 Å². The minimum atomic E-state index is 0. The Kier molecular flexibility index (Phi) is 8.44.